The topological polar surface area (TPSA) is 149 Å². The molecule has 0 radical (unpaired) electrons. The summed E-state index contributed by atoms with van der Waals surface area (Å²) >= 11 is 0. The molecule has 0 aliphatic rings. The minimum Gasteiger partial charge on any atom is -0.496 e. The van der Waals surface area contributed by atoms with Crippen LogP contribution in [0.25, 0.3) is 11.0 Å². The Bertz CT molecular complexity index is 1190. The van der Waals surface area contributed by atoms with Crippen LogP contribution in [0.1, 0.15) is 29.9 Å². The van der Waals surface area contributed by atoms with Crippen molar-refractivity contribution >= 4 is 24.8 Å². The smallest absolute Gasteiger partial charge is 0.496 e. The number of phosphoric acid groups is 1. The molecule has 0 unspecified atom stereocenters. The monoisotopic (exact) mass is 477 g/mol. The molecule has 0 bridgehead atoms. The molecule has 0 aliphatic heterocycles. The predicted molar refractivity (Wildman–Crippen MR) is 119 cm³/mol. The van der Waals surface area contributed by atoms with Crippen molar-refractivity contribution in [3.8, 4) is 23.1 Å². The highest BCUT2D eigenvalue weighted by atomic mass is 31.2. The number of nitrogens with one attached hydrogen (secondary N) is 1. The molecule has 33 heavy (non-hydrogen) atoms. The number of ether oxygens (including phenoxy) is 3. The summed E-state index contributed by atoms with van der Waals surface area (Å²) in [4.78, 5) is 39.7. The summed E-state index contributed by atoms with van der Waals surface area (Å²) in [6.07, 6.45) is 0. The van der Waals surface area contributed by atoms with Gasteiger partial charge in [0.15, 0.2) is 5.69 Å². The van der Waals surface area contributed by atoms with E-state index in [9.17, 15) is 9.36 Å². The first-order chi connectivity index (χ1) is 15.6. The van der Waals surface area contributed by atoms with Crippen LogP contribution in [0.3, 0.4) is 0 Å². The van der Waals surface area contributed by atoms with E-state index in [0.717, 1.165) is 0 Å². The van der Waals surface area contributed by atoms with Crippen molar-refractivity contribution in [3.05, 3.63) is 47.7 Å². The van der Waals surface area contributed by atoms with E-state index in [4.69, 9.17) is 24.0 Å². The number of hydrogen-bond donors (Lipinski definition) is 3. The second kappa shape index (κ2) is 10.0. The van der Waals surface area contributed by atoms with Crippen LogP contribution < -0.4 is 24.1 Å². The standard InChI is InChI=1S/C21H24N3O8P/c1-12(2)22-20(25)19-21(24-16-8-6-5-7-15(16)23-19)31-11-14-17(29-3)9-13(10-18(14)30-4)32-33(26,27)28/h5-10,12H,11H2,1-4H3,(H,22,25)(H2,26,27,28). The number of benzene rings is 2. The molecule has 1 aromatic heterocycles. The van der Waals surface area contributed by atoms with E-state index in [2.05, 4.69) is 19.8 Å². The van der Waals surface area contributed by atoms with Crippen LogP contribution in [-0.4, -0.2) is 45.9 Å². The van der Waals surface area contributed by atoms with E-state index in [1.165, 1.54) is 26.4 Å². The van der Waals surface area contributed by atoms with Gasteiger partial charge in [0.25, 0.3) is 5.91 Å². The van der Waals surface area contributed by atoms with Crippen molar-refractivity contribution in [1.29, 1.82) is 0 Å². The molecule has 176 valence electrons. The summed E-state index contributed by atoms with van der Waals surface area (Å²) in [5.41, 5.74) is 1.50. The number of rotatable bonds is 9. The van der Waals surface area contributed by atoms with E-state index in [0.29, 0.717) is 16.6 Å². The van der Waals surface area contributed by atoms with Gasteiger partial charge < -0.3 is 24.1 Å². The summed E-state index contributed by atoms with van der Waals surface area (Å²) < 4.78 is 32.3. The van der Waals surface area contributed by atoms with E-state index < -0.39 is 13.7 Å². The van der Waals surface area contributed by atoms with Gasteiger partial charge in [-0.2, -0.15) is 0 Å². The van der Waals surface area contributed by atoms with Gasteiger partial charge in [0.2, 0.25) is 5.88 Å². The summed E-state index contributed by atoms with van der Waals surface area (Å²) in [6, 6.07) is 9.52. The number of carbonyl (C=O) groups excluding carboxylic acids is 1. The maximum Gasteiger partial charge on any atom is 0.524 e. The number of amides is 1. The predicted octanol–water partition coefficient (Wildman–Crippen LogP) is 2.84. The van der Waals surface area contributed by atoms with E-state index >= 15 is 0 Å². The number of nitrogens with zero attached hydrogens (tertiary/aromatic N) is 2. The molecule has 11 nitrogen and oxygen atoms in total. The number of hydrogen-bond acceptors (Lipinski definition) is 8. The number of phosphoric ester groups is 1. The molecule has 0 saturated carbocycles. The Labute approximate surface area is 189 Å². The van der Waals surface area contributed by atoms with E-state index in [-0.39, 0.29) is 41.5 Å². The zero-order valence-electron chi connectivity index (χ0n) is 18.4. The molecule has 0 spiro atoms. The third-order valence-corrected chi connectivity index (χ3v) is 4.78. The van der Waals surface area contributed by atoms with Gasteiger partial charge >= 0.3 is 7.82 Å². The number of aromatic nitrogens is 2. The Hall–Kier alpha value is -3.40. The first-order valence-electron chi connectivity index (χ1n) is 9.81. The second-order valence-corrected chi connectivity index (χ2v) is 8.33. The van der Waals surface area contributed by atoms with Gasteiger partial charge in [0.1, 0.15) is 23.9 Å². The van der Waals surface area contributed by atoms with Gasteiger partial charge in [0, 0.05) is 18.2 Å². The van der Waals surface area contributed by atoms with Crippen molar-refractivity contribution in [1.82, 2.24) is 15.3 Å². The highest BCUT2D eigenvalue weighted by Gasteiger charge is 2.23. The van der Waals surface area contributed by atoms with Crippen molar-refractivity contribution < 1.29 is 37.9 Å². The Morgan fingerprint density at radius 1 is 1.06 bits per heavy atom. The van der Waals surface area contributed by atoms with Crippen molar-refractivity contribution in [2.24, 2.45) is 0 Å². The van der Waals surface area contributed by atoms with Crippen LogP contribution in [0, 0.1) is 0 Å². The van der Waals surface area contributed by atoms with Gasteiger partial charge in [-0.1, -0.05) is 12.1 Å². The summed E-state index contributed by atoms with van der Waals surface area (Å²) in [5, 5.41) is 2.78. The molecule has 1 amide bonds. The van der Waals surface area contributed by atoms with Gasteiger partial charge in [0.05, 0.1) is 30.8 Å². The van der Waals surface area contributed by atoms with Crippen molar-refractivity contribution in [2.75, 3.05) is 14.2 Å². The quantitative estimate of drug-likeness (QED) is 0.393. The molecule has 1 heterocycles. The summed E-state index contributed by atoms with van der Waals surface area (Å²) in [7, 11) is -2.04. The van der Waals surface area contributed by atoms with Gasteiger partial charge in [-0.3, -0.25) is 14.6 Å². The second-order valence-electron chi connectivity index (χ2n) is 7.17. The normalized spacial score (nSPS) is 11.4. The molecule has 3 rings (SSSR count). The molecule has 0 saturated heterocycles. The Morgan fingerprint density at radius 2 is 1.64 bits per heavy atom. The first-order valence-corrected chi connectivity index (χ1v) is 11.3. The molecular formula is C21H24N3O8P. The third kappa shape index (κ3) is 6.10. The van der Waals surface area contributed by atoms with E-state index in [1.54, 1.807) is 24.3 Å². The van der Waals surface area contributed by atoms with Crippen LogP contribution in [0.5, 0.6) is 23.1 Å². The Morgan fingerprint density at radius 3 is 2.15 bits per heavy atom. The molecule has 3 aromatic rings. The van der Waals surface area contributed by atoms with Gasteiger partial charge in [-0.05, 0) is 26.0 Å². The lowest BCUT2D eigenvalue weighted by Gasteiger charge is -2.17. The molecule has 0 fully saturated rings. The Balaban J connectivity index is 1.99. The summed E-state index contributed by atoms with van der Waals surface area (Å²) in [6.45, 7) is 3.51. The number of carbonyl (C=O) groups is 1. The average molecular weight is 477 g/mol. The lowest BCUT2D eigenvalue weighted by Crippen LogP contribution is -2.31. The average Bonchev–Trinajstić information content (AvgIpc) is 2.75. The van der Waals surface area contributed by atoms with Crippen LogP contribution in [0.2, 0.25) is 0 Å². The number of fused-ring (bicyclic) bond motifs is 1. The SMILES string of the molecule is COc1cc(OP(=O)(O)O)cc(OC)c1COc1nc2ccccc2nc1C(=O)NC(C)C. The van der Waals surface area contributed by atoms with Crippen LogP contribution >= 0.6 is 7.82 Å². The molecular weight excluding hydrogens is 453 g/mol. The van der Waals surface area contributed by atoms with Crippen molar-refractivity contribution in [2.45, 2.75) is 26.5 Å². The molecule has 12 heteroatoms. The Kier molecular flexibility index (Phi) is 7.37. The van der Waals surface area contributed by atoms with Gasteiger partial charge in [-0.15, -0.1) is 0 Å². The van der Waals surface area contributed by atoms with Crippen molar-refractivity contribution in [3.63, 3.8) is 0 Å². The lowest BCUT2D eigenvalue weighted by molar-refractivity contribution is 0.0932. The van der Waals surface area contributed by atoms with Crippen LogP contribution in [0.4, 0.5) is 0 Å². The third-order valence-electron chi connectivity index (χ3n) is 4.33. The fraction of sp³-hybridized carbons (Fsp3) is 0.286. The molecule has 0 atom stereocenters. The van der Waals surface area contributed by atoms with Crippen LogP contribution in [-0.2, 0) is 11.2 Å². The van der Waals surface area contributed by atoms with E-state index in [1.807, 2.05) is 13.8 Å². The zero-order chi connectivity index (χ0) is 24.2. The minimum atomic E-state index is -4.78. The maximum atomic E-state index is 12.7. The number of methoxy groups -OCH3 is 2. The van der Waals surface area contributed by atoms with Gasteiger partial charge in [-0.25, -0.2) is 14.5 Å². The fourth-order valence-electron chi connectivity index (χ4n) is 3.00. The minimum absolute atomic E-state index is 0.00602. The number of para-hydroxylation sites is 2. The molecule has 2 aromatic carbocycles. The molecule has 3 N–H and O–H groups in total. The first kappa shape index (κ1) is 24.2. The maximum absolute atomic E-state index is 12.7. The highest BCUT2D eigenvalue weighted by molar-refractivity contribution is 7.46. The van der Waals surface area contributed by atoms with Crippen LogP contribution in [0.15, 0.2) is 36.4 Å². The highest BCUT2D eigenvalue weighted by Crippen LogP contribution is 2.42. The fourth-order valence-corrected chi connectivity index (χ4v) is 3.38. The molecule has 0 aliphatic carbocycles. The summed E-state index contributed by atoms with van der Waals surface area (Å²) in [5.74, 6) is -0.197. The zero-order valence-corrected chi connectivity index (χ0v) is 19.3. The lowest BCUT2D eigenvalue weighted by atomic mass is 10.1. The largest absolute Gasteiger partial charge is 0.524 e.